The summed E-state index contributed by atoms with van der Waals surface area (Å²) in [6, 6.07) is 21.7. The van der Waals surface area contributed by atoms with Crippen molar-refractivity contribution in [2.75, 3.05) is 6.61 Å². The first kappa shape index (κ1) is 29.6. The summed E-state index contributed by atoms with van der Waals surface area (Å²) in [4.78, 5) is 47.1. The number of hydrogen-bond donors (Lipinski definition) is 2. The molecule has 10 heteroatoms. The summed E-state index contributed by atoms with van der Waals surface area (Å²) in [5, 5.41) is 13.3. The van der Waals surface area contributed by atoms with Gasteiger partial charge in [-0.05, 0) is 54.7 Å². The molecular weight excluding hydrogens is 572 g/mol. The molecule has 1 aliphatic rings. The van der Waals surface area contributed by atoms with Gasteiger partial charge in [-0.25, -0.2) is 24.4 Å². The van der Waals surface area contributed by atoms with Crippen LogP contribution in [0.5, 0.6) is 0 Å². The van der Waals surface area contributed by atoms with Crippen molar-refractivity contribution in [3.8, 4) is 22.4 Å². The number of para-hydroxylation sites is 1. The quantitative estimate of drug-likeness (QED) is 0.218. The zero-order valence-corrected chi connectivity index (χ0v) is 25.1. The van der Waals surface area contributed by atoms with Crippen LogP contribution in [0.15, 0.2) is 91.5 Å². The van der Waals surface area contributed by atoms with Crippen molar-refractivity contribution in [3.63, 3.8) is 0 Å². The van der Waals surface area contributed by atoms with Crippen molar-refractivity contribution < 1.29 is 29.0 Å². The number of aliphatic carboxylic acids is 1. The number of carboxylic acid groups (broad SMARTS) is 1. The Kier molecular flexibility index (Phi) is 7.80. The zero-order chi connectivity index (χ0) is 31.7. The molecule has 1 amide bonds. The molecular formula is C35H32N4O6. The largest absolute Gasteiger partial charge is 0.480 e. The van der Waals surface area contributed by atoms with Gasteiger partial charge in [-0.2, -0.15) is 0 Å². The van der Waals surface area contributed by atoms with E-state index >= 15 is 0 Å². The smallest absolute Gasteiger partial charge is 0.419 e. The van der Waals surface area contributed by atoms with Gasteiger partial charge in [-0.3, -0.25) is 4.57 Å². The zero-order valence-electron chi connectivity index (χ0n) is 25.1. The molecule has 0 saturated heterocycles. The van der Waals surface area contributed by atoms with Crippen molar-refractivity contribution in [3.05, 3.63) is 108 Å². The monoisotopic (exact) mass is 604 g/mol. The molecule has 45 heavy (non-hydrogen) atoms. The van der Waals surface area contributed by atoms with Crippen LogP contribution in [-0.2, 0) is 20.7 Å². The maximum absolute atomic E-state index is 13.4. The number of nitrogens with one attached hydrogen (secondary N) is 1. The van der Waals surface area contributed by atoms with Crippen molar-refractivity contribution in [2.24, 2.45) is 0 Å². The molecule has 3 aromatic carbocycles. The van der Waals surface area contributed by atoms with Gasteiger partial charge in [0.2, 0.25) is 0 Å². The van der Waals surface area contributed by atoms with E-state index in [0.717, 1.165) is 22.3 Å². The second-order valence-corrected chi connectivity index (χ2v) is 11.9. The highest BCUT2D eigenvalue weighted by molar-refractivity contribution is 6.01. The number of carbonyl (C=O) groups excluding carboxylic acids is 2. The Morgan fingerprint density at radius 3 is 2.22 bits per heavy atom. The summed E-state index contributed by atoms with van der Waals surface area (Å²) in [6.45, 7) is 5.34. The van der Waals surface area contributed by atoms with Gasteiger partial charge in [0.15, 0.2) is 0 Å². The van der Waals surface area contributed by atoms with Crippen LogP contribution in [0.2, 0.25) is 0 Å². The minimum absolute atomic E-state index is 0.0481. The van der Waals surface area contributed by atoms with Crippen LogP contribution in [0.3, 0.4) is 0 Å². The van der Waals surface area contributed by atoms with Gasteiger partial charge in [0.25, 0.3) is 0 Å². The summed E-state index contributed by atoms with van der Waals surface area (Å²) in [5.74, 6) is -1.41. The molecule has 2 heterocycles. The Balaban J connectivity index is 1.26. The Labute approximate surface area is 259 Å². The summed E-state index contributed by atoms with van der Waals surface area (Å²) >= 11 is 0. The molecule has 0 radical (unpaired) electrons. The second kappa shape index (κ2) is 11.9. The minimum atomic E-state index is -1.33. The minimum Gasteiger partial charge on any atom is -0.480 e. The van der Waals surface area contributed by atoms with Crippen LogP contribution >= 0.6 is 0 Å². The number of nitrogens with zero attached hydrogens (tertiary/aromatic N) is 3. The average Bonchev–Trinajstić information content (AvgIpc) is 3.55. The van der Waals surface area contributed by atoms with Crippen LogP contribution in [0.1, 0.15) is 43.4 Å². The van der Waals surface area contributed by atoms with Gasteiger partial charge in [0.1, 0.15) is 24.6 Å². The van der Waals surface area contributed by atoms with E-state index in [1.165, 1.54) is 10.9 Å². The number of carboxylic acids is 1. The van der Waals surface area contributed by atoms with E-state index in [1.807, 2.05) is 54.6 Å². The first-order valence-corrected chi connectivity index (χ1v) is 14.6. The van der Waals surface area contributed by atoms with E-state index < -0.39 is 29.8 Å². The van der Waals surface area contributed by atoms with Crippen LogP contribution in [0.25, 0.3) is 33.3 Å². The lowest BCUT2D eigenvalue weighted by molar-refractivity contribution is -0.139. The number of fused-ring (bicyclic) bond motifs is 4. The normalized spacial score (nSPS) is 13.1. The Morgan fingerprint density at radius 1 is 0.933 bits per heavy atom. The molecule has 1 aliphatic carbocycles. The number of alkyl carbamates (subject to hydrolysis) is 1. The Hall–Kier alpha value is -5.51. The van der Waals surface area contributed by atoms with Crippen LogP contribution in [0, 0.1) is 0 Å². The van der Waals surface area contributed by atoms with E-state index in [4.69, 9.17) is 9.47 Å². The number of ether oxygens (including phenoxy) is 2. The molecule has 5 aromatic rings. The lowest BCUT2D eigenvalue weighted by Gasteiger charge is -2.20. The molecule has 0 bridgehead atoms. The maximum atomic E-state index is 13.4. The Morgan fingerprint density at radius 2 is 1.60 bits per heavy atom. The van der Waals surface area contributed by atoms with Crippen molar-refractivity contribution in [1.82, 2.24) is 19.9 Å². The molecule has 0 fully saturated rings. The van der Waals surface area contributed by atoms with Crippen molar-refractivity contribution in [1.29, 1.82) is 0 Å². The van der Waals surface area contributed by atoms with Crippen molar-refractivity contribution in [2.45, 2.75) is 44.8 Å². The summed E-state index contributed by atoms with van der Waals surface area (Å²) in [6.07, 6.45) is 2.98. The second-order valence-electron chi connectivity index (χ2n) is 11.9. The molecule has 2 N–H and O–H groups in total. The van der Waals surface area contributed by atoms with Gasteiger partial charge in [-0.15, -0.1) is 0 Å². The highest BCUT2D eigenvalue weighted by atomic mass is 16.6. The highest BCUT2D eigenvalue weighted by Gasteiger charge is 2.31. The molecule has 0 saturated carbocycles. The lowest BCUT2D eigenvalue weighted by Crippen LogP contribution is -2.42. The third-order valence-corrected chi connectivity index (χ3v) is 7.71. The number of rotatable bonds is 7. The predicted octanol–water partition coefficient (Wildman–Crippen LogP) is 6.42. The molecule has 1 atom stereocenters. The maximum Gasteiger partial charge on any atom is 0.419 e. The summed E-state index contributed by atoms with van der Waals surface area (Å²) in [7, 11) is 0. The van der Waals surface area contributed by atoms with Gasteiger partial charge in [0, 0.05) is 35.7 Å². The van der Waals surface area contributed by atoms with E-state index in [2.05, 4.69) is 15.3 Å². The van der Waals surface area contributed by atoms with Gasteiger partial charge < -0.3 is 19.9 Å². The highest BCUT2D eigenvalue weighted by Crippen LogP contribution is 2.44. The topological polar surface area (TPSA) is 133 Å². The number of hydrogen-bond acceptors (Lipinski definition) is 7. The summed E-state index contributed by atoms with van der Waals surface area (Å²) in [5.41, 5.74) is 5.77. The third-order valence-electron chi connectivity index (χ3n) is 7.71. The van der Waals surface area contributed by atoms with Crippen molar-refractivity contribution >= 4 is 29.1 Å². The Bertz CT molecular complexity index is 1870. The fraction of sp³-hybridized carbons (Fsp3) is 0.229. The standard InChI is InChI=1S/C35H32N4O6/c1-35(2,3)45-34(43)39-18-21(22-13-8-14-27(31(22)39)29-15-16-36-20-37-29)17-30(32(40)41)38-33(42)44-19-28-25-11-6-4-9-23(25)24-10-5-7-12-26(24)28/h4-16,18,20,28,30H,17,19H2,1-3H3,(H,38,42)(H,40,41)/t30-/m0/s1. The molecule has 228 valence electrons. The van der Waals surface area contributed by atoms with Gasteiger partial charge in [-0.1, -0.05) is 66.7 Å². The number of amides is 1. The van der Waals surface area contributed by atoms with Crippen LogP contribution < -0.4 is 5.32 Å². The molecule has 0 spiro atoms. The third kappa shape index (κ3) is 5.99. The van der Waals surface area contributed by atoms with Gasteiger partial charge in [0.05, 0.1) is 11.2 Å². The number of carbonyl (C=O) groups is 3. The molecule has 0 aliphatic heterocycles. The average molecular weight is 605 g/mol. The lowest BCUT2D eigenvalue weighted by atomic mass is 9.98. The van der Waals surface area contributed by atoms with E-state index in [0.29, 0.717) is 27.7 Å². The number of benzene rings is 3. The van der Waals surface area contributed by atoms with Crippen LogP contribution in [0.4, 0.5) is 9.59 Å². The fourth-order valence-electron chi connectivity index (χ4n) is 5.83. The molecule has 0 unspecified atom stereocenters. The first-order valence-electron chi connectivity index (χ1n) is 14.6. The van der Waals surface area contributed by atoms with E-state index in [-0.39, 0.29) is 18.9 Å². The van der Waals surface area contributed by atoms with Crippen LogP contribution in [-0.4, -0.2) is 56.0 Å². The van der Waals surface area contributed by atoms with E-state index in [1.54, 1.807) is 51.4 Å². The fourth-order valence-corrected chi connectivity index (χ4v) is 5.83. The summed E-state index contributed by atoms with van der Waals surface area (Å²) < 4.78 is 12.6. The van der Waals surface area contributed by atoms with E-state index in [9.17, 15) is 19.5 Å². The predicted molar refractivity (Wildman–Crippen MR) is 168 cm³/mol. The SMILES string of the molecule is CC(C)(C)OC(=O)n1cc(C[C@H](NC(=O)OCC2c3ccccc3-c3ccccc32)C(=O)O)c2cccc(-c3ccncn3)c21. The number of aromatic nitrogens is 3. The molecule has 6 rings (SSSR count). The first-order chi connectivity index (χ1) is 21.6. The molecule has 2 aromatic heterocycles. The van der Waals surface area contributed by atoms with Gasteiger partial charge >= 0.3 is 18.2 Å². The molecule has 10 nitrogen and oxygen atoms in total.